The summed E-state index contributed by atoms with van der Waals surface area (Å²) in [7, 11) is 3.45. The number of hydrogen-bond donors (Lipinski definition) is 3. The number of nitrogens with zero attached hydrogens (tertiary/aromatic N) is 3. The monoisotopic (exact) mass is 515 g/mol. The van der Waals surface area contributed by atoms with Gasteiger partial charge in [0.2, 0.25) is 5.91 Å². The first kappa shape index (κ1) is 26.7. The minimum atomic E-state index is -0.844. The molecule has 0 aliphatic rings. The molecule has 9 heteroatoms. The van der Waals surface area contributed by atoms with E-state index >= 15 is 0 Å². The van der Waals surface area contributed by atoms with E-state index < -0.39 is 12.0 Å². The Morgan fingerprint density at radius 2 is 1.87 bits per heavy atom. The minimum absolute atomic E-state index is 0.0591. The van der Waals surface area contributed by atoms with E-state index in [0.29, 0.717) is 30.5 Å². The number of anilines is 1. The Morgan fingerprint density at radius 3 is 2.55 bits per heavy atom. The molecule has 0 radical (unpaired) electrons. The van der Waals surface area contributed by atoms with Crippen molar-refractivity contribution in [1.82, 2.24) is 19.7 Å². The molecule has 0 bridgehead atoms. The standard InChI is InChI=1S/C29H33N5O4/c1-18-16-34(26-14-23(29(38)30-3)10-11-24(18)26)19(2)28(37)32-25-13-20(12-21-15-31-33(4)17-21)8-9-22(25)6-5-7-27(35)36/h8-11,13-17,19H,5-7,12H2,1-4H3,(H,30,38)(H,32,37)(H,35,36)/t19-/m1/s1. The zero-order valence-corrected chi connectivity index (χ0v) is 22.1. The summed E-state index contributed by atoms with van der Waals surface area (Å²) in [6.07, 6.45) is 7.41. The van der Waals surface area contributed by atoms with Gasteiger partial charge in [0.05, 0.1) is 6.20 Å². The van der Waals surface area contributed by atoms with E-state index in [4.69, 9.17) is 5.11 Å². The normalized spacial score (nSPS) is 11.9. The Balaban J connectivity index is 1.62. The van der Waals surface area contributed by atoms with E-state index in [1.165, 1.54) is 0 Å². The van der Waals surface area contributed by atoms with Gasteiger partial charge >= 0.3 is 5.97 Å². The summed E-state index contributed by atoms with van der Waals surface area (Å²) in [5.41, 5.74) is 5.97. The third-order valence-electron chi connectivity index (χ3n) is 6.75. The lowest BCUT2D eigenvalue weighted by molar-refractivity contribution is -0.137. The van der Waals surface area contributed by atoms with E-state index in [9.17, 15) is 14.4 Å². The van der Waals surface area contributed by atoms with Crippen molar-refractivity contribution < 1.29 is 19.5 Å². The number of carboxylic acids is 1. The van der Waals surface area contributed by atoms with Crippen LogP contribution < -0.4 is 10.6 Å². The molecule has 198 valence electrons. The first-order valence-corrected chi connectivity index (χ1v) is 12.6. The number of carbonyl (C=O) groups is 3. The molecular weight excluding hydrogens is 482 g/mol. The van der Waals surface area contributed by atoms with Gasteiger partial charge in [0.25, 0.3) is 5.91 Å². The summed E-state index contributed by atoms with van der Waals surface area (Å²) >= 11 is 0. The second-order valence-corrected chi connectivity index (χ2v) is 9.63. The molecule has 0 aliphatic heterocycles. The van der Waals surface area contributed by atoms with Crippen molar-refractivity contribution >= 4 is 34.4 Å². The van der Waals surface area contributed by atoms with Gasteiger partial charge in [-0.3, -0.25) is 19.1 Å². The van der Waals surface area contributed by atoms with Gasteiger partial charge in [0, 0.05) is 61.5 Å². The van der Waals surface area contributed by atoms with E-state index in [1.54, 1.807) is 23.9 Å². The number of hydrogen-bond acceptors (Lipinski definition) is 4. The van der Waals surface area contributed by atoms with Crippen molar-refractivity contribution in [2.24, 2.45) is 7.05 Å². The Labute approximate surface area is 221 Å². The number of carboxylic acid groups (broad SMARTS) is 1. The maximum atomic E-state index is 13.5. The zero-order chi connectivity index (χ0) is 27.4. The van der Waals surface area contributed by atoms with Crippen molar-refractivity contribution in [2.45, 2.75) is 45.6 Å². The molecule has 2 aromatic carbocycles. The highest BCUT2D eigenvalue weighted by Crippen LogP contribution is 2.28. The highest BCUT2D eigenvalue weighted by Gasteiger charge is 2.20. The molecule has 2 aromatic heterocycles. The number of aliphatic carboxylic acids is 1. The molecule has 1 atom stereocenters. The van der Waals surface area contributed by atoms with Crippen LogP contribution in [0.25, 0.3) is 10.9 Å². The zero-order valence-electron chi connectivity index (χ0n) is 22.1. The van der Waals surface area contributed by atoms with E-state index in [2.05, 4.69) is 15.7 Å². The van der Waals surface area contributed by atoms with Crippen molar-refractivity contribution in [3.63, 3.8) is 0 Å². The largest absolute Gasteiger partial charge is 0.481 e. The summed E-state index contributed by atoms with van der Waals surface area (Å²) < 4.78 is 3.63. The van der Waals surface area contributed by atoms with E-state index in [-0.39, 0.29) is 18.2 Å². The topological polar surface area (TPSA) is 118 Å². The van der Waals surface area contributed by atoms with Gasteiger partial charge in [-0.25, -0.2) is 0 Å². The molecule has 38 heavy (non-hydrogen) atoms. The van der Waals surface area contributed by atoms with Crippen LogP contribution in [0.15, 0.2) is 55.0 Å². The molecule has 4 aromatic rings. The number of carbonyl (C=O) groups excluding carboxylic acids is 2. The number of amides is 2. The van der Waals surface area contributed by atoms with Crippen molar-refractivity contribution in [3.8, 4) is 0 Å². The number of aromatic nitrogens is 3. The van der Waals surface area contributed by atoms with Gasteiger partial charge in [0.15, 0.2) is 0 Å². The van der Waals surface area contributed by atoms with Gasteiger partial charge in [-0.1, -0.05) is 18.2 Å². The molecule has 2 heterocycles. The molecule has 0 saturated carbocycles. The summed E-state index contributed by atoms with van der Waals surface area (Å²) in [4.78, 5) is 36.8. The van der Waals surface area contributed by atoms with Crippen LogP contribution in [-0.4, -0.2) is 44.3 Å². The van der Waals surface area contributed by atoms with Crippen LogP contribution >= 0.6 is 0 Å². The quantitative estimate of drug-likeness (QED) is 0.292. The number of aryl methyl sites for hydroxylation is 3. The summed E-state index contributed by atoms with van der Waals surface area (Å²) in [5.74, 6) is -1.24. The van der Waals surface area contributed by atoms with E-state index in [0.717, 1.165) is 33.2 Å². The van der Waals surface area contributed by atoms with Gasteiger partial charge < -0.3 is 20.3 Å². The van der Waals surface area contributed by atoms with Crippen molar-refractivity contribution in [1.29, 1.82) is 0 Å². The molecule has 0 fully saturated rings. The maximum absolute atomic E-state index is 13.5. The Kier molecular flexibility index (Phi) is 7.95. The first-order valence-electron chi connectivity index (χ1n) is 12.6. The molecule has 4 rings (SSSR count). The predicted octanol–water partition coefficient (Wildman–Crippen LogP) is 4.24. The fourth-order valence-electron chi connectivity index (χ4n) is 4.69. The SMILES string of the molecule is CNC(=O)c1ccc2c(C)cn([C@H](C)C(=O)Nc3cc(Cc4cnn(C)c4)ccc3CCCC(=O)O)c2c1. The minimum Gasteiger partial charge on any atom is -0.481 e. The van der Waals surface area contributed by atoms with Crippen LogP contribution in [-0.2, 0) is 29.5 Å². The van der Waals surface area contributed by atoms with Gasteiger partial charge in [0.1, 0.15) is 6.04 Å². The highest BCUT2D eigenvalue weighted by molar-refractivity contribution is 6.00. The summed E-state index contributed by atoms with van der Waals surface area (Å²) in [6.45, 7) is 3.80. The molecule has 2 amide bonds. The lowest BCUT2D eigenvalue weighted by Gasteiger charge is -2.18. The van der Waals surface area contributed by atoms with Crippen LogP contribution in [0.3, 0.4) is 0 Å². The highest BCUT2D eigenvalue weighted by atomic mass is 16.4. The molecule has 3 N–H and O–H groups in total. The van der Waals surface area contributed by atoms with Gasteiger partial charge in [-0.15, -0.1) is 0 Å². The average Bonchev–Trinajstić information content (AvgIpc) is 3.45. The molecular formula is C29H33N5O4. The third-order valence-corrected chi connectivity index (χ3v) is 6.75. The first-order chi connectivity index (χ1) is 18.2. The van der Waals surface area contributed by atoms with Crippen LogP contribution in [0.5, 0.6) is 0 Å². The predicted molar refractivity (Wildman–Crippen MR) is 146 cm³/mol. The smallest absolute Gasteiger partial charge is 0.303 e. The van der Waals surface area contributed by atoms with Crippen LogP contribution in [0.2, 0.25) is 0 Å². The second-order valence-electron chi connectivity index (χ2n) is 9.63. The molecule has 0 unspecified atom stereocenters. The summed E-state index contributed by atoms with van der Waals surface area (Å²) in [5, 5.41) is 20.0. The maximum Gasteiger partial charge on any atom is 0.303 e. The van der Waals surface area contributed by atoms with Gasteiger partial charge in [-0.05, 0) is 67.1 Å². The number of fused-ring (bicyclic) bond motifs is 1. The third kappa shape index (κ3) is 5.94. The Hall–Kier alpha value is -4.40. The second kappa shape index (κ2) is 11.3. The van der Waals surface area contributed by atoms with Gasteiger partial charge in [-0.2, -0.15) is 5.10 Å². The fourth-order valence-corrected chi connectivity index (χ4v) is 4.69. The Bertz CT molecular complexity index is 1500. The van der Waals surface area contributed by atoms with E-state index in [1.807, 2.05) is 68.3 Å². The molecule has 0 saturated heterocycles. The Morgan fingerprint density at radius 1 is 1.08 bits per heavy atom. The van der Waals surface area contributed by atoms with Crippen molar-refractivity contribution in [2.75, 3.05) is 12.4 Å². The molecule has 0 aliphatic carbocycles. The van der Waals surface area contributed by atoms with Crippen LogP contribution in [0.4, 0.5) is 5.69 Å². The number of benzene rings is 2. The number of rotatable bonds is 10. The fraction of sp³-hybridized carbons (Fsp3) is 0.310. The lowest BCUT2D eigenvalue weighted by atomic mass is 10.0. The molecule has 0 spiro atoms. The average molecular weight is 516 g/mol. The summed E-state index contributed by atoms with van der Waals surface area (Å²) in [6, 6.07) is 10.8. The number of nitrogens with one attached hydrogen (secondary N) is 2. The molecule has 9 nitrogen and oxygen atoms in total. The lowest BCUT2D eigenvalue weighted by Crippen LogP contribution is -2.24. The van der Waals surface area contributed by atoms with Crippen LogP contribution in [0.1, 0.15) is 58.4 Å². The van der Waals surface area contributed by atoms with Crippen molar-refractivity contribution in [3.05, 3.63) is 82.8 Å². The van der Waals surface area contributed by atoms with Crippen LogP contribution in [0, 0.1) is 6.92 Å².